The number of aliphatic hydroxyl groups is 1. The molecule has 0 bridgehead atoms. The van der Waals surface area contributed by atoms with Gasteiger partial charge in [-0.05, 0) is 36.2 Å². The zero-order valence-corrected chi connectivity index (χ0v) is 17.3. The molecule has 7 heteroatoms. The van der Waals surface area contributed by atoms with Crippen LogP contribution in [0.15, 0.2) is 64.3 Å². The molecule has 0 saturated heterocycles. The summed E-state index contributed by atoms with van der Waals surface area (Å²) < 4.78 is 11.1. The number of benzene rings is 2. The minimum Gasteiger partial charge on any atom is -0.503 e. The van der Waals surface area contributed by atoms with E-state index < -0.39 is 23.5 Å². The van der Waals surface area contributed by atoms with Crippen LogP contribution < -0.4 is 4.74 Å². The molecular weight excluding hydrogens is 406 g/mol. The molecule has 30 heavy (non-hydrogen) atoms. The number of rotatable bonds is 6. The van der Waals surface area contributed by atoms with Crippen LogP contribution >= 0.6 is 11.6 Å². The fraction of sp³-hybridized carbons (Fsp3) is 0.217. The minimum absolute atomic E-state index is 0.00574. The first kappa shape index (κ1) is 20.0. The standard InChI is InChI=1S/C23H20ClNO5/c1-3-11-25-19(13-7-9-15(24)10-8-13)18(21(27)23(25)28)20(26)17-12-14-5-4-6-16(29-2)22(14)30-17/h4-10,12,19,27H,3,11H2,1-2H3. The first-order valence-electron chi connectivity index (χ1n) is 9.57. The maximum atomic E-state index is 13.4. The van der Waals surface area contributed by atoms with Crippen molar-refractivity contribution in [1.29, 1.82) is 0 Å². The fourth-order valence-corrected chi connectivity index (χ4v) is 3.92. The molecule has 1 unspecified atom stereocenters. The smallest absolute Gasteiger partial charge is 0.290 e. The third-order valence-electron chi connectivity index (χ3n) is 5.15. The Kier molecular flexibility index (Phi) is 5.26. The molecule has 2 aromatic carbocycles. The van der Waals surface area contributed by atoms with Crippen molar-refractivity contribution in [2.75, 3.05) is 13.7 Å². The number of halogens is 1. The van der Waals surface area contributed by atoms with Crippen molar-refractivity contribution in [3.05, 3.63) is 76.2 Å². The number of ketones is 1. The summed E-state index contributed by atoms with van der Waals surface area (Å²) in [5.41, 5.74) is 1.11. The molecule has 3 aromatic rings. The molecular formula is C23H20ClNO5. The van der Waals surface area contributed by atoms with E-state index in [9.17, 15) is 14.7 Å². The van der Waals surface area contributed by atoms with Gasteiger partial charge in [-0.3, -0.25) is 9.59 Å². The molecule has 0 spiro atoms. The molecule has 0 aliphatic carbocycles. The first-order valence-corrected chi connectivity index (χ1v) is 9.94. The summed E-state index contributed by atoms with van der Waals surface area (Å²) in [5.74, 6) is -1.15. The van der Waals surface area contributed by atoms with Crippen LogP contribution in [0.4, 0.5) is 0 Å². The average Bonchev–Trinajstić information content (AvgIpc) is 3.29. The van der Waals surface area contributed by atoms with Crippen LogP contribution in [0.2, 0.25) is 5.02 Å². The van der Waals surface area contributed by atoms with E-state index in [1.54, 1.807) is 48.5 Å². The molecule has 1 aliphatic heterocycles. The highest BCUT2D eigenvalue weighted by Crippen LogP contribution is 2.40. The zero-order chi connectivity index (χ0) is 21.4. The number of nitrogens with zero attached hydrogens (tertiary/aromatic N) is 1. The van der Waals surface area contributed by atoms with Crippen molar-refractivity contribution < 1.29 is 23.8 Å². The van der Waals surface area contributed by atoms with E-state index in [1.807, 2.05) is 6.92 Å². The van der Waals surface area contributed by atoms with E-state index >= 15 is 0 Å². The lowest BCUT2D eigenvalue weighted by molar-refractivity contribution is -0.129. The molecule has 154 valence electrons. The predicted molar refractivity (Wildman–Crippen MR) is 113 cm³/mol. The Bertz CT molecular complexity index is 1160. The number of carbonyl (C=O) groups excluding carboxylic acids is 2. The lowest BCUT2D eigenvalue weighted by atomic mass is 9.95. The summed E-state index contributed by atoms with van der Waals surface area (Å²) >= 11 is 6.01. The number of methoxy groups -OCH3 is 1. The van der Waals surface area contributed by atoms with E-state index in [0.717, 1.165) is 0 Å². The van der Waals surface area contributed by atoms with Gasteiger partial charge in [-0.1, -0.05) is 42.8 Å². The first-order chi connectivity index (χ1) is 14.5. The third-order valence-corrected chi connectivity index (χ3v) is 5.40. The number of para-hydroxylation sites is 1. The summed E-state index contributed by atoms with van der Waals surface area (Å²) in [6, 6.07) is 13.1. The number of ether oxygens (including phenoxy) is 1. The van der Waals surface area contributed by atoms with Gasteiger partial charge in [-0.15, -0.1) is 0 Å². The monoisotopic (exact) mass is 425 g/mol. The highest BCUT2D eigenvalue weighted by Gasteiger charge is 2.44. The maximum Gasteiger partial charge on any atom is 0.290 e. The summed E-state index contributed by atoms with van der Waals surface area (Å²) in [7, 11) is 1.52. The molecule has 2 heterocycles. The van der Waals surface area contributed by atoms with Crippen molar-refractivity contribution in [3.8, 4) is 5.75 Å². The number of amides is 1. The van der Waals surface area contributed by atoms with Crippen molar-refractivity contribution in [2.45, 2.75) is 19.4 Å². The van der Waals surface area contributed by atoms with E-state index in [2.05, 4.69) is 0 Å². The largest absolute Gasteiger partial charge is 0.503 e. The molecule has 0 fully saturated rings. The van der Waals surface area contributed by atoms with Gasteiger partial charge in [0.2, 0.25) is 5.78 Å². The van der Waals surface area contributed by atoms with Gasteiger partial charge in [-0.25, -0.2) is 0 Å². The van der Waals surface area contributed by atoms with Gasteiger partial charge < -0.3 is 19.2 Å². The second kappa shape index (κ2) is 7.88. The Morgan fingerprint density at radius 3 is 2.63 bits per heavy atom. The Morgan fingerprint density at radius 2 is 1.97 bits per heavy atom. The molecule has 6 nitrogen and oxygen atoms in total. The number of hydrogen-bond donors (Lipinski definition) is 1. The molecule has 1 atom stereocenters. The summed E-state index contributed by atoms with van der Waals surface area (Å²) in [4.78, 5) is 27.7. The number of hydrogen-bond acceptors (Lipinski definition) is 5. The molecule has 4 rings (SSSR count). The van der Waals surface area contributed by atoms with E-state index in [1.165, 1.54) is 12.0 Å². The zero-order valence-electron chi connectivity index (χ0n) is 16.5. The van der Waals surface area contributed by atoms with Gasteiger partial charge in [0.1, 0.15) is 0 Å². The average molecular weight is 426 g/mol. The van der Waals surface area contributed by atoms with Crippen LogP contribution in [0.3, 0.4) is 0 Å². The maximum absolute atomic E-state index is 13.4. The van der Waals surface area contributed by atoms with E-state index in [4.69, 9.17) is 20.8 Å². The van der Waals surface area contributed by atoms with Crippen LogP contribution in [-0.4, -0.2) is 35.4 Å². The van der Waals surface area contributed by atoms with Crippen molar-refractivity contribution in [3.63, 3.8) is 0 Å². The van der Waals surface area contributed by atoms with Crippen LogP contribution in [0, 0.1) is 0 Å². The topological polar surface area (TPSA) is 80.0 Å². The number of aliphatic hydroxyl groups excluding tert-OH is 1. The van der Waals surface area contributed by atoms with Crippen molar-refractivity contribution in [1.82, 2.24) is 4.90 Å². The highest BCUT2D eigenvalue weighted by atomic mass is 35.5. The minimum atomic E-state index is -0.725. The van der Waals surface area contributed by atoms with Crippen LogP contribution in [0.5, 0.6) is 5.75 Å². The lowest BCUT2D eigenvalue weighted by Gasteiger charge is -2.26. The molecule has 1 aliphatic rings. The third kappa shape index (κ3) is 3.23. The fourth-order valence-electron chi connectivity index (χ4n) is 3.79. The van der Waals surface area contributed by atoms with Gasteiger partial charge in [0.15, 0.2) is 22.9 Å². The van der Waals surface area contributed by atoms with Crippen molar-refractivity contribution >= 4 is 34.3 Å². The summed E-state index contributed by atoms with van der Waals surface area (Å²) in [5, 5.41) is 11.9. The molecule has 1 N–H and O–H groups in total. The predicted octanol–water partition coefficient (Wildman–Crippen LogP) is 5.08. The molecule has 1 amide bonds. The van der Waals surface area contributed by atoms with Crippen LogP contribution in [0.25, 0.3) is 11.0 Å². The quantitative estimate of drug-likeness (QED) is 0.557. The van der Waals surface area contributed by atoms with Crippen LogP contribution in [0.1, 0.15) is 35.5 Å². The Balaban J connectivity index is 1.82. The number of furan rings is 1. The summed E-state index contributed by atoms with van der Waals surface area (Å²) in [6.45, 7) is 2.31. The van der Waals surface area contributed by atoms with Crippen molar-refractivity contribution in [2.24, 2.45) is 0 Å². The van der Waals surface area contributed by atoms with Gasteiger partial charge in [-0.2, -0.15) is 0 Å². The molecule has 0 saturated carbocycles. The van der Waals surface area contributed by atoms with Crippen LogP contribution in [-0.2, 0) is 4.79 Å². The van der Waals surface area contributed by atoms with Gasteiger partial charge in [0.25, 0.3) is 5.91 Å². The SMILES string of the molecule is CCCN1C(=O)C(O)=C(C(=O)c2cc3cccc(OC)c3o2)C1c1ccc(Cl)cc1. The number of fused-ring (bicyclic) bond motifs is 1. The normalized spacial score (nSPS) is 16.6. The molecule has 1 aromatic heterocycles. The Morgan fingerprint density at radius 1 is 1.23 bits per heavy atom. The second-order valence-corrected chi connectivity index (χ2v) is 7.47. The second-order valence-electron chi connectivity index (χ2n) is 7.03. The number of carbonyl (C=O) groups is 2. The van der Waals surface area contributed by atoms with E-state index in [0.29, 0.717) is 40.3 Å². The Labute approximate surface area is 178 Å². The Hall–Kier alpha value is -3.25. The number of Topliss-reactive ketones (excluding diaryl/α,β-unsaturated/α-hetero) is 1. The molecule has 0 radical (unpaired) electrons. The van der Waals surface area contributed by atoms with Gasteiger partial charge >= 0.3 is 0 Å². The van der Waals surface area contributed by atoms with E-state index in [-0.39, 0.29) is 11.3 Å². The van der Waals surface area contributed by atoms with Gasteiger partial charge in [0, 0.05) is 17.0 Å². The van der Waals surface area contributed by atoms with Gasteiger partial charge in [0.05, 0.1) is 18.7 Å². The lowest BCUT2D eigenvalue weighted by Crippen LogP contribution is -2.31. The summed E-state index contributed by atoms with van der Waals surface area (Å²) in [6.07, 6.45) is 0.673. The highest BCUT2D eigenvalue weighted by molar-refractivity contribution is 6.30.